The van der Waals surface area contributed by atoms with Crippen LogP contribution in [0.3, 0.4) is 0 Å². The third-order valence-corrected chi connectivity index (χ3v) is 5.50. The highest BCUT2D eigenvalue weighted by Crippen LogP contribution is 2.28. The van der Waals surface area contributed by atoms with Gasteiger partial charge in [-0.1, -0.05) is 48.5 Å². The number of likely N-dealkylation sites (tertiary alicyclic amines) is 1. The van der Waals surface area contributed by atoms with E-state index in [0.717, 1.165) is 18.4 Å². The fourth-order valence-electron chi connectivity index (χ4n) is 3.93. The molecule has 2 aromatic rings. The van der Waals surface area contributed by atoms with Crippen molar-refractivity contribution >= 4 is 11.7 Å². The molecule has 0 N–H and O–H groups in total. The summed E-state index contributed by atoms with van der Waals surface area (Å²) < 4.78 is 0. The first-order valence-electron chi connectivity index (χ1n) is 9.51. The lowest BCUT2D eigenvalue weighted by molar-refractivity contribution is -0.138. The van der Waals surface area contributed by atoms with Gasteiger partial charge in [0.25, 0.3) is 0 Å². The molecule has 3 heteroatoms. The molecule has 0 saturated carbocycles. The minimum Gasteiger partial charge on any atom is -0.337 e. The van der Waals surface area contributed by atoms with Crippen LogP contribution in [0.5, 0.6) is 0 Å². The third-order valence-electron chi connectivity index (χ3n) is 5.50. The first-order chi connectivity index (χ1) is 12.5. The molecule has 1 amide bonds. The normalized spacial score (nSPS) is 21.3. The minimum atomic E-state index is -0.249. The Morgan fingerprint density at radius 1 is 0.923 bits per heavy atom. The van der Waals surface area contributed by atoms with Crippen LogP contribution in [0, 0.1) is 0 Å². The van der Waals surface area contributed by atoms with Gasteiger partial charge in [-0.3, -0.25) is 9.59 Å². The lowest BCUT2D eigenvalue weighted by Gasteiger charge is -2.40. The van der Waals surface area contributed by atoms with Crippen LogP contribution in [0.4, 0.5) is 0 Å². The smallest absolute Gasteiger partial charge is 0.230 e. The standard InChI is InChI=1S/C23H27NO2/c1-16-9-7-10-17(2)24(16)23(26)18(3)20-13-8-14-21(15-20)22(25)19-11-5-4-6-12-19/h4-6,8,11-18H,7,9-10H2,1-3H3. The highest BCUT2D eigenvalue weighted by Gasteiger charge is 2.32. The average Bonchev–Trinajstić information content (AvgIpc) is 2.67. The first-order valence-corrected chi connectivity index (χ1v) is 9.51. The largest absolute Gasteiger partial charge is 0.337 e. The van der Waals surface area contributed by atoms with Crippen LogP contribution in [0.25, 0.3) is 0 Å². The zero-order valence-corrected chi connectivity index (χ0v) is 15.8. The summed E-state index contributed by atoms with van der Waals surface area (Å²) in [6.45, 7) is 6.22. The van der Waals surface area contributed by atoms with Crippen LogP contribution in [-0.4, -0.2) is 28.7 Å². The van der Waals surface area contributed by atoms with Crippen molar-refractivity contribution in [2.24, 2.45) is 0 Å². The number of carbonyl (C=O) groups excluding carboxylic acids is 2. The molecule has 1 saturated heterocycles. The second-order valence-electron chi connectivity index (χ2n) is 7.42. The van der Waals surface area contributed by atoms with Crippen LogP contribution in [-0.2, 0) is 4.79 Å². The summed E-state index contributed by atoms with van der Waals surface area (Å²) in [6.07, 6.45) is 3.31. The highest BCUT2D eigenvalue weighted by atomic mass is 16.2. The van der Waals surface area contributed by atoms with Crippen molar-refractivity contribution in [2.45, 2.75) is 58.0 Å². The van der Waals surface area contributed by atoms with E-state index in [2.05, 4.69) is 13.8 Å². The Morgan fingerprint density at radius 2 is 1.54 bits per heavy atom. The Balaban J connectivity index is 1.83. The zero-order valence-electron chi connectivity index (χ0n) is 15.8. The molecular weight excluding hydrogens is 322 g/mol. The molecule has 0 radical (unpaired) electrons. The summed E-state index contributed by atoms with van der Waals surface area (Å²) in [5.74, 6) is -0.0951. The van der Waals surface area contributed by atoms with Crippen molar-refractivity contribution in [2.75, 3.05) is 0 Å². The number of nitrogens with zero attached hydrogens (tertiary/aromatic N) is 1. The van der Waals surface area contributed by atoms with Gasteiger partial charge in [0.2, 0.25) is 5.91 Å². The highest BCUT2D eigenvalue weighted by molar-refractivity contribution is 6.09. The molecule has 1 heterocycles. The van der Waals surface area contributed by atoms with Crippen LogP contribution in [0.1, 0.15) is 67.4 Å². The molecule has 136 valence electrons. The van der Waals surface area contributed by atoms with Gasteiger partial charge in [-0.05, 0) is 51.7 Å². The summed E-state index contributed by atoms with van der Waals surface area (Å²) in [5, 5.41) is 0. The van der Waals surface area contributed by atoms with Gasteiger partial charge in [0.1, 0.15) is 0 Å². The number of piperidine rings is 1. The number of amides is 1. The predicted molar refractivity (Wildman–Crippen MR) is 104 cm³/mol. The molecule has 0 bridgehead atoms. The molecule has 26 heavy (non-hydrogen) atoms. The van der Waals surface area contributed by atoms with E-state index in [1.807, 2.05) is 66.4 Å². The molecule has 0 aliphatic carbocycles. The Kier molecular flexibility index (Phi) is 5.55. The second kappa shape index (κ2) is 7.86. The summed E-state index contributed by atoms with van der Waals surface area (Å²) >= 11 is 0. The maximum atomic E-state index is 13.1. The van der Waals surface area contributed by atoms with Gasteiger partial charge in [-0.2, -0.15) is 0 Å². The van der Waals surface area contributed by atoms with E-state index in [9.17, 15) is 9.59 Å². The van der Waals surface area contributed by atoms with Gasteiger partial charge < -0.3 is 4.90 Å². The maximum absolute atomic E-state index is 13.1. The predicted octanol–water partition coefficient (Wildman–Crippen LogP) is 4.81. The van der Waals surface area contributed by atoms with Gasteiger partial charge in [0, 0.05) is 23.2 Å². The number of carbonyl (C=O) groups is 2. The number of benzene rings is 2. The summed E-state index contributed by atoms with van der Waals surface area (Å²) in [4.78, 5) is 27.9. The van der Waals surface area contributed by atoms with E-state index in [0.29, 0.717) is 11.1 Å². The van der Waals surface area contributed by atoms with Crippen LogP contribution < -0.4 is 0 Å². The molecule has 1 aliphatic heterocycles. The molecule has 0 aromatic heterocycles. The van der Waals surface area contributed by atoms with Crippen LogP contribution >= 0.6 is 0 Å². The maximum Gasteiger partial charge on any atom is 0.230 e. The Labute approximate surface area is 156 Å². The summed E-state index contributed by atoms with van der Waals surface area (Å²) in [5.41, 5.74) is 2.21. The lowest BCUT2D eigenvalue weighted by Crippen LogP contribution is -2.49. The van der Waals surface area contributed by atoms with Crippen molar-refractivity contribution in [1.82, 2.24) is 4.90 Å². The van der Waals surface area contributed by atoms with E-state index in [4.69, 9.17) is 0 Å². The van der Waals surface area contributed by atoms with E-state index < -0.39 is 0 Å². The van der Waals surface area contributed by atoms with E-state index >= 15 is 0 Å². The van der Waals surface area contributed by atoms with Crippen molar-refractivity contribution in [1.29, 1.82) is 0 Å². The summed E-state index contributed by atoms with van der Waals surface area (Å²) in [7, 11) is 0. The fourth-order valence-corrected chi connectivity index (χ4v) is 3.93. The van der Waals surface area contributed by atoms with Crippen LogP contribution in [0.2, 0.25) is 0 Å². The fraction of sp³-hybridized carbons (Fsp3) is 0.391. The molecule has 3 atom stereocenters. The molecule has 0 spiro atoms. The van der Waals surface area contributed by atoms with E-state index in [1.54, 1.807) is 0 Å². The summed E-state index contributed by atoms with van der Waals surface area (Å²) in [6, 6.07) is 17.3. The van der Waals surface area contributed by atoms with Gasteiger partial charge in [-0.15, -0.1) is 0 Å². The van der Waals surface area contributed by atoms with Crippen molar-refractivity contribution in [3.63, 3.8) is 0 Å². The average molecular weight is 349 g/mol. The minimum absolute atomic E-state index is 0.00759. The molecular formula is C23H27NO2. The Bertz CT molecular complexity index is 774. The zero-order chi connectivity index (χ0) is 18.7. The van der Waals surface area contributed by atoms with E-state index in [1.165, 1.54) is 6.42 Å². The monoisotopic (exact) mass is 349 g/mol. The molecule has 3 nitrogen and oxygen atoms in total. The van der Waals surface area contributed by atoms with Crippen molar-refractivity contribution in [3.8, 4) is 0 Å². The molecule has 1 fully saturated rings. The number of hydrogen-bond donors (Lipinski definition) is 0. The van der Waals surface area contributed by atoms with E-state index in [-0.39, 0.29) is 29.7 Å². The SMILES string of the molecule is CC(C(=O)N1C(C)CCCC1C)c1cccc(C(=O)c2ccccc2)c1. The Morgan fingerprint density at radius 3 is 2.19 bits per heavy atom. The number of hydrogen-bond acceptors (Lipinski definition) is 2. The van der Waals surface area contributed by atoms with Gasteiger partial charge in [-0.25, -0.2) is 0 Å². The van der Waals surface area contributed by atoms with Crippen molar-refractivity contribution in [3.05, 3.63) is 71.3 Å². The second-order valence-corrected chi connectivity index (χ2v) is 7.42. The third kappa shape index (κ3) is 3.72. The van der Waals surface area contributed by atoms with Gasteiger partial charge in [0.15, 0.2) is 5.78 Å². The van der Waals surface area contributed by atoms with Crippen LogP contribution in [0.15, 0.2) is 54.6 Å². The lowest BCUT2D eigenvalue weighted by atomic mass is 9.91. The quantitative estimate of drug-likeness (QED) is 0.743. The van der Waals surface area contributed by atoms with Crippen molar-refractivity contribution < 1.29 is 9.59 Å². The molecule has 3 rings (SSSR count). The first kappa shape index (κ1) is 18.4. The topological polar surface area (TPSA) is 37.4 Å². The van der Waals surface area contributed by atoms with Gasteiger partial charge >= 0.3 is 0 Å². The molecule has 2 aromatic carbocycles. The number of ketones is 1. The molecule has 3 unspecified atom stereocenters. The number of rotatable bonds is 4. The Hall–Kier alpha value is -2.42. The van der Waals surface area contributed by atoms with Gasteiger partial charge in [0.05, 0.1) is 5.92 Å². The molecule has 1 aliphatic rings.